The maximum absolute atomic E-state index is 12.4. The Balaban J connectivity index is 4.42. The van der Waals surface area contributed by atoms with Crippen LogP contribution in [0, 0.1) is 11.8 Å². The fraction of sp³-hybridized carbons (Fsp3) is 0.913. The topological polar surface area (TPSA) is 81.7 Å². The molecule has 29 heavy (non-hydrogen) atoms. The first-order valence-corrected chi connectivity index (χ1v) is 11.7. The molecule has 0 bridgehead atoms. The van der Waals surface area contributed by atoms with E-state index in [0.717, 1.165) is 45.3 Å². The summed E-state index contributed by atoms with van der Waals surface area (Å²) in [5, 5.41) is 16.8. The first kappa shape index (κ1) is 27.9. The number of nitrogens with zero attached hydrogens (tertiary/aromatic N) is 1. The molecule has 0 radical (unpaired) electrons. The molecule has 0 fully saturated rings. The van der Waals surface area contributed by atoms with Gasteiger partial charge in [-0.2, -0.15) is 0 Å². The number of amides is 2. The molecule has 0 saturated heterocycles. The summed E-state index contributed by atoms with van der Waals surface area (Å²) in [6.45, 7) is 15.6. The summed E-state index contributed by atoms with van der Waals surface area (Å²) >= 11 is 0. The highest BCUT2D eigenvalue weighted by Crippen LogP contribution is 2.10. The smallest absolute Gasteiger partial charge is 0.222 e. The zero-order valence-corrected chi connectivity index (χ0v) is 19.8. The predicted octanol–water partition coefficient (Wildman–Crippen LogP) is 3.33. The van der Waals surface area contributed by atoms with Gasteiger partial charge in [-0.25, -0.2) is 0 Å². The lowest BCUT2D eigenvalue weighted by Gasteiger charge is -2.26. The van der Waals surface area contributed by atoms with Gasteiger partial charge in [0.1, 0.15) is 0 Å². The number of aliphatic hydroxyl groups excluding tert-OH is 1. The first-order valence-electron chi connectivity index (χ1n) is 11.7. The van der Waals surface area contributed by atoms with E-state index >= 15 is 0 Å². The van der Waals surface area contributed by atoms with Crippen LogP contribution in [0.25, 0.3) is 0 Å². The van der Waals surface area contributed by atoms with Crippen molar-refractivity contribution in [2.75, 3.05) is 26.2 Å². The monoisotopic (exact) mass is 413 g/mol. The van der Waals surface area contributed by atoms with Gasteiger partial charge in [0.15, 0.2) is 0 Å². The van der Waals surface area contributed by atoms with Crippen LogP contribution in [0.2, 0.25) is 0 Å². The molecule has 0 saturated carbocycles. The number of nitrogens with one attached hydrogen (secondary N) is 2. The molecule has 2 atom stereocenters. The molecule has 0 unspecified atom stereocenters. The van der Waals surface area contributed by atoms with Crippen molar-refractivity contribution in [2.45, 2.75) is 98.6 Å². The Bertz CT molecular complexity index is 435. The van der Waals surface area contributed by atoms with Crippen LogP contribution >= 0.6 is 0 Å². The Kier molecular flexibility index (Phi) is 16.0. The third-order valence-corrected chi connectivity index (χ3v) is 4.92. The minimum atomic E-state index is -0.611. The molecule has 0 aliphatic rings. The van der Waals surface area contributed by atoms with Crippen LogP contribution in [0.4, 0.5) is 0 Å². The molecular formula is C23H47N3O3. The van der Waals surface area contributed by atoms with Crippen molar-refractivity contribution in [1.82, 2.24) is 15.5 Å². The second-order valence-electron chi connectivity index (χ2n) is 8.99. The molecule has 172 valence electrons. The second-order valence-corrected chi connectivity index (χ2v) is 8.99. The average Bonchev–Trinajstić information content (AvgIpc) is 2.63. The quantitative estimate of drug-likeness (QED) is 0.320. The highest BCUT2D eigenvalue weighted by Gasteiger charge is 2.22. The lowest BCUT2D eigenvalue weighted by molar-refractivity contribution is -0.131. The van der Waals surface area contributed by atoms with Gasteiger partial charge in [0, 0.05) is 32.5 Å². The Morgan fingerprint density at radius 3 is 2.10 bits per heavy atom. The SMILES string of the molecule is CCCN(CCC)C(=O)CCCC(=O)N[C@@H](CC(C)C)[C@H](O)CNCCC(C)C. The van der Waals surface area contributed by atoms with Gasteiger partial charge in [-0.05, 0) is 50.5 Å². The molecule has 3 N–H and O–H groups in total. The molecule has 0 spiro atoms. The van der Waals surface area contributed by atoms with E-state index in [4.69, 9.17) is 0 Å². The van der Waals surface area contributed by atoms with Gasteiger partial charge in [-0.1, -0.05) is 41.5 Å². The van der Waals surface area contributed by atoms with Gasteiger partial charge in [-0.3, -0.25) is 9.59 Å². The first-order chi connectivity index (χ1) is 13.7. The number of aliphatic hydroxyl groups is 1. The van der Waals surface area contributed by atoms with Gasteiger partial charge in [0.25, 0.3) is 0 Å². The van der Waals surface area contributed by atoms with Crippen molar-refractivity contribution in [3.63, 3.8) is 0 Å². The van der Waals surface area contributed by atoms with E-state index in [0.29, 0.717) is 37.6 Å². The number of hydrogen-bond acceptors (Lipinski definition) is 4. The van der Waals surface area contributed by atoms with E-state index in [2.05, 4.69) is 52.2 Å². The fourth-order valence-electron chi connectivity index (χ4n) is 3.34. The molecule has 0 rings (SSSR count). The third kappa shape index (κ3) is 14.5. The van der Waals surface area contributed by atoms with Crippen LogP contribution < -0.4 is 10.6 Å². The zero-order valence-electron chi connectivity index (χ0n) is 19.8. The van der Waals surface area contributed by atoms with Crippen molar-refractivity contribution >= 4 is 11.8 Å². The number of carbonyl (C=O) groups excluding carboxylic acids is 2. The zero-order chi connectivity index (χ0) is 22.2. The van der Waals surface area contributed by atoms with E-state index < -0.39 is 6.10 Å². The average molecular weight is 414 g/mol. The molecule has 2 amide bonds. The van der Waals surface area contributed by atoms with Crippen LogP contribution in [-0.4, -0.2) is 60.1 Å². The van der Waals surface area contributed by atoms with Crippen molar-refractivity contribution in [2.24, 2.45) is 11.8 Å². The summed E-state index contributed by atoms with van der Waals surface area (Å²) < 4.78 is 0. The molecule has 0 aromatic rings. The molecule has 0 aromatic heterocycles. The Morgan fingerprint density at radius 2 is 1.59 bits per heavy atom. The van der Waals surface area contributed by atoms with Crippen LogP contribution in [0.15, 0.2) is 0 Å². The van der Waals surface area contributed by atoms with Gasteiger partial charge in [0.05, 0.1) is 12.1 Å². The normalized spacial score (nSPS) is 13.6. The number of carbonyl (C=O) groups is 2. The number of rotatable bonds is 17. The summed E-state index contributed by atoms with van der Waals surface area (Å²) in [7, 11) is 0. The molecule has 6 nitrogen and oxygen atoms in total. The van der Waals surface area contributed by atoms with E-state index in [-0.39, 0.29) is 17.9 Å². The highest BCUT2D eigenvalue weighted by atomic mass is 16.3. The van der Waals surface area contributed by atoms with E-state index in [1.54, 1.807) is 0 Å². The van der Waals surface area contributed by atoms with Crippen LogP contribution in [0.3, 0.4) is 0 Å². The standard InChI is InChI=1S/C23H47N3O3/c1-7-14-26(15-8-2)23(29)11-9-10-22(28)25-20(16-19(5)6)21(27)17-24-13-12-18(3)4/h18-21,24,27H,7-17H2,1-6H3,(H,25,28)/t20-,21+/m0/s1. The highest BCUT2D eigenvalue weighted by molar-refractivity contribution is 5.79. The largest absolute Gasteiger partial charge is 0.390 e. The van der Waals surface area contributed by atoms with Crippen LogP contribution in [0.1, 0.15) is 86.5 Å². The third-order valence-electron chi connectivity index (χ3n) is 4.92. The van der Waals surface area contributed by atoms with E-state index in [1.807, 2.05) is 4.90 Å². The van der Waals surface area contributed by atoms with Crippen LogP contribution in [0.5, 0.6) is 0 Å². The maximum atomic E-state index is 12.4. The summed E-state index contributed by atoms with van der Waals surface area (Å²) in [5.74, 6) is 1.06. The lowest BCUT2D eigenvalue weighted by atomic mass is 9.98. The summed E-state index contributed by atoms with van der Waals surface area (Å²) in [5.41, 5.74) is 0. The predicted molar refractivity (Wildman–Crippen MR) is 121 cm³/mol. The number of hydrogen-bond donors (Lipinski definition) is 3. The van der Waals surface area contributed by atoms with Gasteiger partial charge >= 0.3 is 0 Å². The molecule has 0 aliphatic heterocycles. The van der Waals surface area contributed by atoms with Crippen LogP contribution in [-0.2, 0) is 9.59 Å². The summed E-state index contributed by atoms with van der Waals surface area (Å²) in [6.07, 6.45) is 4.36. The molecule has 6 heteroatoms. The Morgan fingerprint density at radius 1 is 0.966 bits per heavy atom. The van der Waals surface area contributed by atoms with E-state index in [1.165, 1.54) is 0 Å². The van der Waals surface area contributed by atoms with E-state index in [9.17, 15) is 14.7 Å². The molecule has 0 aliphatic carbocycles. The van der Waals surface area contributed by atoms with Crippen molar-refractivity contribution in [3.05, 3.63) is 0 Å². The summed E-state index contributed by atoms with van der Waals surface area (Å²) in [4.78, 5) is 26.6. The molecule has 0 heterocycles. The maximum Gasteiger partial charge on any atom is 0.222 e. The minimum Gasteiger partial charge on any atom is -0.390 e. The van der Waals surface area contributed by atoms with Gasteiger partial charge in [0.2, 0.25) is 11.8 Å². The molecular weight excluding hydrogens is 366 g/mol. The Hall–Kier alpha value is -1.14. The lowest BCUT2D eigenvalue weighted by Crippen LogP contribution is -2.48. The van der Waals surface area contributed by atoms with Gasteiger partial charge < -0.3 is 20.6 Å². The second kappa shape index (κ2) is 16.6. The minimum absolute atomic E-state index is 0.0813. The van der Waals surface area contributed by atoms with Gasteiger partial charge in [-0.15, -0.1) is 0 Å². The van der Waals surface area contributed by atoms with Crippen molar-refractivity contribution in [1.29, 1.82) is 0 Å². The van der Waals surface area contributed by atoms with Crippen molar-refractivity contribution in [3.8, 4) is 0 Å². The fourth-order valence-corrected chi connectivity index (χ4v) is 3.34. The Labute approximate surface area is 179 Å². The van der Waals surface area contributed by atoms with Crippen molar-refractivity contribution < 1.29 is 14.7 Å². The summed E-state index contributed by atoms with van der Waals surface area (Å²) in [6, 6.07) is -0.263. The molecule has 0 aromatic carbocycles.